The van der Waals surface area contributed by atoms with Gasteiger partial charge in [-0.1, -0.05) is 5.16 Å². The molecule has 0 bridgehead atoms. The maximum Gasteiger partial charge on any atom is 0.227 e. The first-order valence-electron chi connectivity index (χ1n) is 10.1. The Hall–Kier alpha value is -3.55. The number of hydrogen-bond acceptors (Lipinski definition) is 4. The molecule has 158 valence electrons. The second kappa shape index (κ2) is 7.30. The van der Waals surface area contributed by atoms with Crippen molar-refractivity contribution in [2.24, 2.45) is 0 Å². The van der Waals surface area contributed by atoms with Crippen molar-refractivity contribution in [1.82, 2.24) is 14.5 Å². The molecule has 0 aliphatic carbocycles. The number of anilines is 1. The molecule has 1 saturated heterocycles. The number of hydrogen-bond donors (Lipinski definition) is 0. The SMILES string of the molecule is Cc1noc(C)c1-c1ccn2cc([C@@H]3CCCC(=O)N3c3ccc(F)c(F)c3)nc2c1. The van der Waals surface area contributed by atoms with Crippen molar-refractivity contribution in [2.45, 2.75) is 39.2 Å². The molecule has 5 rings (SSSR count). The zero-order chi connectivity index (χ0) is 21.7. The van der Waals surface area contributed by atoms with Gasteiger partial charge in [-0.05, 0) is 56.5 Å². The number of nitrogens with zero attached hydrogens (tertiary/aromatic N) is 4. The lowest BCUT2D eigenvalue weighted by atomic mass is 9.98. The van der Waals surface area contributed by atoms with Crippen LogP contribution in [0, 0.1) is 25.5 Å². The number of carbonyl (C=O) groups is 1. The molecular weight excluding hydrogens is 402 g/mol. The highest BCUT2D eigenvalue weighted by atomic mass is 19.2. The number of carbonyl (C=O) groups excluding carboxylic acids is 1. The van der Waals surface area contributed by atoms with Crippen LogP contribution >= 0.6 is 0 Å². The molecule has 0 saturated carbocycles. The summed E-state index contributed by atoms with van der Waals surface area (Å²) in [5, 5.41) is 4.01. The summed E-state index contributed by atoms with van der Waals surface area (Å²) in [5.74, 6) is -1.31. The van der Waals surface area contributed by atoms with Crippen LogP contribution in [0.1, 0.15) is 42.5 Å². The summed E-state index contributed by atoms with van der Waals surface area (Å²) in [6.07, 6.45) is 5.54. The molecule has 1 aromatic carbocycles. The van der Waals surface area contributed by atoms with Gasteiger partial charge in [-0.2, -0.15) is 0 Å². The molecule has 1 fully saturated rings. The molecule has 0 radical (unpaired) electrons. The van der Waals surface area contributed by atoms with E-state index in [4.69, 9.17) is 9.51 Å². The molecule has 0 spiro atoms. The van der Waals surface area contributed by atoms with E-state index in [9.17, 15) is 13.6 Å². The van der Waals surface area contributed by atoms with Crippen LogP contribution in [0.3, 0.4) is 0 Å². The van der Waals surface area contributed by atoms with Gasteiger partial charge in [0.15, 0.2) is 11.6 Å². The quantitative estimate of drug-likeness (QED) is 0.458. The van der Waals surface area contributed by atoms with Crippen LogP contribution in [0.4, 0.5) is 14.5 Å². The molecule has 4 heterocycles. The monoisotopic (exact) mass is 422 g/mol. The second-order valence-electron chi connectivity index (χ2n) is 7.82. The molecule has 1 atom stereocenters. The number of halogens is 2. The van der Waals surface area contributed by atoms with Crippen molar-refractivity contribution >= 4 is 17.2 Å². The van der Waals surface area contributed by atoms with E-state index in [1.54, 1.807) is 0 Å². The molecule has 0 N–H and O–H groups in total. The first-order chi connectivity index (χ1) is 14.9. The summed E-state index contributed by atoms with van der Waals surface area (Å²) in [6, 6.07) is 7.10. The molecule has 1 amide bonds. The number of aryl methyl sites for hydroxylation is 2. The lowest BCUT2D eigenvalue weighted by Crippen LogP contribution is -2.38. The van der Waals surface area contributed by atoms with Gasteiger partial charge in [-0.25, -0.2) is 13.8 Å². The first kappa shape index (κ1) is 19.4. The lowest BCUT2D eigenvalue weighted by Gasteiger charge is -2.34. The van der Waals surface area contributed by atoms with Crippen LogP contribution in [0.25, 0.3) is 16.8 Å². The number of benzene rings is 1. The number of aromatic nitrogens is 3. The van der Waals surface area contributed by atoms with E-state index in [1.165, 1.54) is 11.0 Å². The van der Waals surface area contributed by atoms with Crippen molar-refractivity contribution in [3.8, 4) is 11.1 Å². The number of amides is 1. The van der Waals surface area contributed by atoms with Crippen molar-refractivity contribution < 1.29 is 18.1 Å². The average Bonchev–Trinajstić information content (AvgIpc) is 3.32. The van der Waals surface area contributed by atoms with E-state index < -0.39 is 11.6 Å². The molecule has 31 heavy (non-hydrogen) atoms. The highest BCUT2D eigenvalue weighted by Crippen LogP contribution is 2.36. The summed E-state index contributed by atoms with van der Waals surface area (Å²) < 4.78 is 34.5. The third-order valence-corrected chi connectivity index (χ3v) is 5.77. The fraction of sp³-hybridized carbons (Fsp3) is 0.261. The molecular formula is C23H20F2N4O2. The minimum Gasteiger partial charge on any atom is -0.361 e. The van der Waals surface area contributed by atoms with Gasteiger partial charge in [0.25, 0.3) is 0 Å². The van der Waals surface area contributed by atoms with Crippen molar-refractivity contribution in [2.75, 3.05) is 4.90 Å². The summed E-state index contributed by atoms with van der Waals surface area (Å²) >= 11 is 0. The van der Waals surface area contributed by atoms with Crippen molar-refractivity contribution in [3.63, 3.8) is 0 Å². The van der Waals surface area contributed by atoms with E-state index in [1.807, 2.05) is 42.8 Å². The van der Waals surface area contributed by atoms with Crippen LogP contribution in [0.5, 0.6) is 0 Å². The summed E-state index contributed by atoms with van der Waals surface area (Å²) in [5.41, 5.74) is 4.43. The standard InChI is InChI=1S/C23H20F2N4O2/c1-13-23(14(2)31-27-13)15-8-9-28-12-19(26-21(28)10-15)20-4-3-5-22(30)29(20)16-6-7-17(24)18(25)11-16/h6-12,20H,3-5H2,1-2H3/t20-/m0/s1. The maximum atomic E-state index is 13.9. The van der Waals surface area contributed by atoms with Gasteiger partial charge >= 0.3 is 0 Å². The van der Waals surface area contributed by atoms with Gasteiger partial charge in [0.05, 0.1) is 17.4 Å². The van der Waals surface area contributed by atoms with Crippen molar-refractivity contribution in [3.05, 3.63) is 71.5 Å². The van der Waals surface area contributed by atoms with E-state index in [2.05, 4.69) is 5.16 Å². The first-order valence-corrected chi connectivity index (χ1v) is 10.1. The molecule has 3 aromatic heterocycles. The third kappa shape index (κ3) is 3.28. The Kier molecular flexibility index (Phi) is 4.57. The largest absolute Gasteiger partial charge is 0.361 e. The Balaban J connectivity index is 1.56. The van der Waals surface area contributed by atoms with Crippen LogP contribution < -0.4 is 4.90 Å². The van der Waals surface area contributed by atoms with Gasteiger partial charge in [0.1, 0.15) is 11.4 Å². The van der Waals surface area contributed by atoms with Gasteiger partial charge in [-0.15, -0.1) is 0 Å². The normalized spacial score (nSPS) is 17.0. The molecule has 0 unspecified atom stereocenters. The maximum absolute atomic E-state index is 13.9. The van der Waals surface area contributed by atoms with Gasteiger partial charge < -0.3 is 13.8 Å². The Morgan fingerprint density at radius 1 is 1.13 bits per heavy atom. The molecule has 6 nitrogen and oxygen atoms in total. The van der Waals surface area contributed by atoms with Crippen molar-refractivity contribution in [1.29, 1.82) is 0 Å². The summed E-state index contributed by atoms with van der Waals surface area (Å²) in [4.78, 5) is 19.0. The molecule has 4 aromatic rings. The smallest absolute Gasteiger partial charge is 0.227 e. The minimum absolute atomic E-state index is 0.129. The predicted molar refractivity (Wildman–Crippen MR) is 111 cm³/mol. The van der Waals surface area contributed by atoms with E-state index >= 15 is 0 Å². The van der Waals surface area contributed by atoms with Gasteiger partial charge in [-0.3, -0.25) is 4.79 Å². The summed E-state index contributed by atoms with van der Waals surface area (Å²) in [6.45, 7) is 3.75. The van der Waals surface area contributed by atoms with E-state index in [-0.39, 0.29) is 11.9 Å². The molecule has 1 aliphatic heterocycles. The highest BCUT2D eigenvalue weighted by molar-refractivity contribution is 5.94. The number of fused-ring (bicyclic) bond motifs is 1. The summed E-state index contributed by atoms with van der Waals surface area (Å²) in [7, 11) is 0. The number of piperidine rings is 1. The Morgan fingerprint density at radius 3 is 2.71 bits per heavy atom. The molecule has 8 heteroatoms. The number of pyridine rings is 1. The number of rotatable bonds is 3. The van der Waals surface area contributed by atoms with Gasteiger partial charge in [0, 0.05) is 36.1 Å². The predicted octanol–water partition coefficient (Wildman–Crippen LogP) is 5.14. The minimum atomic E-state index is -0.978. The van der Waals surface area contributed by atoms with Crippen LogP contribution in [-0.2, 0) is 4.79 Å². The zero-order valence-electron chi connectivity index (χ0n) is 17.1. The molecule has 1 aliphatic rings. The van der Waals surface area contributed by atoms with Crippen LogP contribution in [0.2, 0.25) is 0 Å². The van der Waals surface area contributed by atoms with E-state index in [0.29, 0.717) is 30.6 Å². The Bertz CT molecular complexity index is 1290. The third-order valence-electron chi connectivity index (χ3n) is 5.77. The average molecular weight is 422 g/mol. The van der Waals surface area contributed by atoms with Gasteiger partial charge in [0.2, 0.25) is 5.91 Å². The zero-order valence-corrected chi connectivity index (χ0v) is 17.1. The lowest BCUT2D eigenvalue weighted by molar-refractivity contribution is -0.120. The van der Waals surface area contributed by atoms with Crippen LogP contribution in [0.15, 0.2) is 47.2 Å². The second-order valence-corrected chi connectivity index (χ2v) is 7.82. The van der Waals surface area contributed by atoms with E-state index in [0.717, 1.165) is 40.4 Å². The topological polar surface area (TPSA) is 63.6 Å². The van der Waals surface area contributed by atoms with Crippen LogP contribution in [-0.4, -0.2) is 20.4 Å². The highest BCUT2D eigenvalue weighted by Gasteiger charge is 2.32. The Morgan fingerprint density at radius 2 is 1.97 bits per heavy atom. The number of imidazole rings is 1. The fourth-order valence-electron chi connectivity index (χ4n) is 4.32. The fourth-order valence-corrected chi connectivity index (χ4v) is 4.32. The Labute approximate surface area is 177 Å².